The molecule has 1 aliphatic rings. The number of thiocarbonyl (C=S) groups is 1. The number of anilines is 1. The molecule has 94 valence electrons. The fourth-order valence-corrected chi connectivity index (χ4v) is 2.39. The summed E-state index contributed by atoms with van der Waals surface area (Å²) in [5, 5.41) is 3.05. The van der Waals surface area contributed by atoms with Crippen LogP contribution in [0.5, 0.6) is 0 Å². The molecule has 1 heterocycles. The molecule has 0 atom stereocenters. The van der Waals surface area contributed by atoms with Crippen LogP contribution in [-0.4, -0.2) is 28.1 Å². The summed E-state index contributed by atoms with van der Waals surface area (Å²) in [5.41, 5.74) is 0.769. The van der Waals surface area contributed by atoms with Gasteiger partial charge in [-0.25, -0.2) is 4.90 Å². The van der Waals surface area contributed by atoms with Crippen molar-refractivity contribution in [2.75, 3.05) is 11.6 Å². The maximum absolute atomic E-state index is 11.5. The van der Waals surface area contributed by atoms with E-state index in [-0.39, 0.29) is 29.8 Å². The number of nitrogens with one attached hydrogen (secondary N) is 1. The van der Waals surface area contributed by atoms with Crippen molar-refractivity contribution in [3.05, 3.63) is 24.3 Å². The number of benzene rings is 1. The van der Waals surface area contributed by atoms with Crippen LogP contribution >= 0.6 is 24.0 Å². The standard InChI is InChI=1S/C12H12N2O2S2/c1-18-9-4-2-8(3-5-9)13-12(17)14-10(15)6-7-11(14)16/h2-5H,6-7H2,1H3,(H,13,17). The second kappa shape index (κ2) is 5.49. The smallest absolute Gasteiger partial charge is 0.236 e. The van der Waals surface area contributed by atoms with E-state index in [9.17, 15) is 9.59 Å². The molecule has 0 aliphatic carbocycles. The molecule has 1 fully saturated rings. The molecule has 2 rings (SSSR count). The van der Waals surface area contributed by atoms with Crippen LogP contribution in [0.4, 0.5) is 5.69 Å². The Kier molecular flexibility index (Phi) is 3.98. The van der Waals surface area contributed by atoms with Crippen LogP contribution in [0.1, 0.15) is 12.8 Å². The monoisotopic (exact) mass is 280 g/mol. The first-order valence-corrected chi connectivity index (χ1v) is 7.06. The number of carbonyl (C=O) groups is 2. The van der Waals surface area contributed by atoms with Crippen LogP contribution in [0, 0.1) is 0 Å². The number of hydrogen-bond donors (Lipinski definition) is 1. The molecule has 2 amide bonds. The van der Waals surface area contributed by atoms with Gasteiger partial charge in [-0.3, -0.25) is 9.59 Å². The van der Waals surface area contributed by atoms with Crippen molar-refractivity contribution in [2.24, 2.45) is 0 Å². The fourth-order valence-electron chi connectivity index (χ4n) is 1.66. The predicted octanol–water partition coefficient (Wildman–Crippen LogP) is 2.25. The Bertz CT molecular complexity index is 483. The molecule has 0 radical (unpaired) electrons. The van der Waals surface area contributed by atoms with Gasteiger partial charge in [-0.05, 0) is 42.7 Å². The summed E-state index contributed by atoms with van der Waals surface area (Å²) in [5.74, 6) is -0.475. The Hall–Kier alpha value is -1.40. The van der Waals surface area contributed by atoms with Gasteiger partial charge >= 0.3 is 0 Å². The molecule has 6 heteroatoms. The van der Waals surface area contributed by atoms with E-state index in [1.807, 2.05) is 30.5 Å². The molecule has 1 aliphatic heterocycles. The molecular weight excluding hydrogens is 268 g/mol. The first kappa shape index (κ1) is 13.0. The molecule has 1 N–H and O–H groups in total. The Morgan fingerprint density at radius 3 is 2.28 bits per heavy atom. The zero-order valence-electron chi connectivity index (χ0n) is 9.80. The van der Waals surface area contributed by atoms with Gasteiger partial charge in [0.1, 0.15) is 0 Å². The van der Waals surface area contributed by atoms with E-state index in [0.717, 1.165) is 15.5 Å². The van der Waals surface area contributed by atoms with Gasteiger partial charge in [0.25, 0.3) is 0 Å². The second-order valence-corrected chi connectivity index (χ2v) is 5.05. The van der Waals surface area contributed by atoms with Crippen molar-refractivity contribution in [3.8, 4) is 0 Å². The molecule has 0 bridgehead atoms. The number of rotatable bonds is 2. The van der Waals surface area contributed by atoms with Crippen molar-refractivity contribution in [3.63, 3.8) is 0 Å². The van der Waals surface area contributed by atoms with Gasteiger partial charge in [-0.15, -0.1) is 11.8 Å². The van der Waals surface area contributed by atoms with E-state index < -0.39 is 0 Å². The lowest BCUT2D eigenvalue weighted by molar-refractivity contribution is -0.133. The lowest BCUT2D eigenvalue weighted by Gasteiger charge is -2.16. The molecule has 0 aromatic heterocycles. The maximum Gasteiger partial charge on any atom is 0.236 e. The molecule has 0 saturated carbocycles. The molecule has 0 spiro atoms. The molecular formula is C12H12N2O2S2. The number of hydrogen-bond acceptors (Lipinski definition) is 4. The largest absolute Gasteiger partial charge is 0.332 e. The molecule has 1 aromatic carbocycles. The first-order valence-electron chi connectivity index (χ1n) is 5.42. The number of thioether (sulfide) groups is 1. The van der Waals surface area contributed by atoms with Crippen molar-refractivity contribution in [1.29, 1.82) is 0 Å². The van der Waals surface area contributed by atoms with Crippen LogP contribution in [0.2, 0.25) is 0 Å². The topological polar surface area (TPSA) is 49.4 Å². The number of nitrogens with zero attached hydrogens (tertiary/aromatic N) is 1. The molecule has 1 aromatic rings. The van der Waals surface area contributed by atoms with Gasteiger partial charge in [0.2, 0.25) is 11.8 Å². The average Bonchev–Trinajstić information content (AvgIpc) is 2.70. The minimum absolute atomic E-state index is 0.152. The van der Waals surface area contributed by atoms with Crippen LogP contribution in [0.3, 0.4) is 0 Å². The van der Waals surface area contributed by atoms with E-state index >= 15 is 0 Å². The van der Waals surface area contributed by atoms with E-state index in [1.165, 1.54) is 0 Å². The number of likely N-dealkylation sites (tertiary alicyclic amines) is 1. The van der Waals surface area contributed by atoms with Gasteiger partial charge in [0.15, 0.2) is 5.11 Å². The number of amides is 2. The highest BCUT2D eigenvalue weighted by Gasteiger charge is 2.32. The summed E-state index contributed by atoms with van der Waals surface area (Å²) in [6, 6.07) is 7.62. The molecule has 1 saturated heterocycles. The average molecular weight is 280 g/mol. The van der Waals surface area contributed by atoms with Crippen LogP contribution in [-0.2, 0) is 9.59 Å². The van der Waals surface area contributed by atoms with Crippen LogP contribution in [0.25, 0.3) is 0 Å². The van der Waals surface area contributed by atoms with Crippen molar-refractivity contribution >= 4 is 46.6 Å². The predicted molar refractivity (Wildman–Crippen MR) is 75.5 cm³/mol. The molecule has 0 unspecified atom stereocenters. The van der Waals surface area contributed by atoms with Crippen molar-refractivity contribution < 1.29 is 9.59 Å². The van der Waals surface area contributed by atoms with Gasteiger partial charge in [0.05, 0.1) is 0 Å². The highest BCUT2D eigenvalue weighted by molar-refractivity contribution is 7.98. The molecule has 18 heavy (non-hydrogen) atoms. The summed E-state index contributed by atoms with van der Waals surface area (Å²) in [7, 11) is 0. The summed E-state index contributed by atoms with van der Waals surface area (Å²) in [6.07, 6.45) is 2.48. The van der Waals surface area contributed by atoms with Gasteiger partial charge < -0.3 is 5.32 Å². The Balaban J connectivity index is 2.06. The van der Waals surface area contributed by atoms with Crippen LogP contribution < -0.4 is 5.32 Å². The first-order chi connectivity index (χ1) is 8.61. The normalized spacial score (nSPS) is 15.1. The highest BCUT2D eigenvalue weighted by atomic mass is 32.2. The third kappa shape index (κ3) is 2.70. The number of imide groups is 1. The van der Waals surface area contributed by atoms with Gasteiger partial charge in [-0.1, -0.05) is 0 Å². The van der Waals surface area contributed by atoms with Crippen molar-refractivity contribution in [1.82, 2.24) is 4.90 Å². The summed E-state index contributed by atoms with van der Waals surface area (Å²) < 4.78 is 0. The van der Waals surface area contributed by atoms with Gasteiger partial charge in [0, 0.05) is 23.4 Å². The van der Waals surface area contributed by atoms with E-state index in [0.29, 0.717) is 0 Å². The minimum Gasteiger partial charge on any atom is -0.332 e. The van der Waals surface area contributed by atoms with E-state index in [1.54, 1.807) is 11.8 Å². The quantitative estimate of drug-likeness (QED) is 0.511. The minimum atomic E-state index is -0.238. The Morgan fingerprint density at radius 1 is 1.22 bits per heavy atom. The lowest BCUT2D eigenvalue weighted by atomic mass is 10.3. The molecule has 4 nitrogen and oxygen atoms in total. The summed E-state index contributed by atoms with van der Waals surface area (Å²) in [4.78, 5) is 25.2. The van der Waals surface area contributed by atoms with Crippen molar-refractivity contribution in [2.45, 2.75) is 17.7 Å². The van der Waals surface area contributed by atoms with Gasteiger partial charge in [-0.2, -0.15) is 0 Å². The SMILES string of the molecule is CSc1ccc(NC(=S)N2C(=O)CCC2=O)cc1. The summed E-state index contributed by atoms with van der Waals surface area (Å²) >= 11 is 6.72. The second-order valence-electron chi connectivity index (χ2n) is 3.78. The Labute approximate surface area is 115 Å². The summed E-state index contributed by atoms with van der Waals surface area (Å²) in [6.45, 7) is 0. The third-order valence-electron chi connectivity index (χ3n) is 2.60. The fraction of sp³-hybridized carbons (Fsp3) is 0.250. The maximum atomic E-state index is 11.5. The Morgan fingerprint density at radius 2 is 1.78 bits per heavy atom. The third-order valence-corrected chi connectivity index (χ3v) is 3.62. The zero-order chi connectivity index (χ0) is 13.1. The van der Waals surface area contributed by atoms with Crippen LogP contribution in [0.15, 0.2) is 29.2 Å². The number of carbonyl (C=O) groups excluding carboxylic acids is 2. The van der Waals surface area contributed by atoms with E-state index in [2.05, 4.69) is 5.32 Å². The zero-order valence-corrected chi connectivity index (χ0v) is 11.4. The lowest BCUT2D eigenvalue weighted by Crippen LogP contribution is -2.38. The van der Waals surface area contributed by atoms with E-state index in [4.69, 9.17) is 12.2 Å². The highest BCUT2D eigenvalue weighted by Crippen LogP contribution is 2.19.